The molecule has 0 aromatic carbocycles. The molecule has 3 heterocycles. The van der Waals surface area contributed by atoms with Crippen LogP contribution in [0, 0.1) is 6.92 Å². The third kappa shape index (κ3) is 4.34. The van der Waals surface area contributed by atoms with Gasteiger partial charge in [0.15, 0.2) is 5.13 Å². The highest BCUT2D eigenvalue weighted by molar-refractivity contribution is 7.14. The monoisotopic (exact) mass is 370 g/mol. The summed E-state index contributed by atoms with van der Waals surface area (Å²) >= 11 is 1.28. The third-order valence-corrected chi connectivity index (χ3v) is 4.58. The zero-order valence-electron chi connectivity index (χ0n) is 14.4. The average Bonchev–Trinajstić information content (AvgIpc) is 3.24. The highest BCUT2D eigenvalue weighted by atomic mass is 32.1. The summed E-state index contributed by atoms with van der Waals surface area (Å²) < 4.78 is 5.12. The second-order valence-electron chi connectivity index (χ2n) is 5.78. The Kier molecular flexibility index (Phi) is 5.43. The fourth-order valence-electron chi connectivity index (χ4n) is 2.37. The van der Waals surface area contributed by atoms with Crippen LogP contribution in [0.3, 0.4) is 0 Å². The number of hydrogen-bond acceptors (Lipinski definition) is 6. The molecular formula is C18H18N4O3S. The van der Waals surface area contributed by atoms with Gasteiger partial charge in [0, 0.05) is 31.4 Å². The second-order valence-corrected chi connectivity index (χ2v) is 6.63. The molecule has 0 radical (unpaired) electrons. The van der Waals surface area contributed by atoms with Crippen LogP contribution in [0.2, 0.25) is 0 Å². The van der Waals surface area contributed by atoms with Gasteiger partial charge in [-0.05, 0) is 24.6 Å². The van der Waals surface area contributed by atoms with Gasteiger partial charge in [-0.15, -0.1) is 11.3 Å². The van der Waals surface area contributed by atoms with E-state index in [1.165, 1.54) is 17.6 Å². The molecule has 134 valence electrons. The van der Waals surface area contributed by atoms with E-state index in [0.29, 0.717) is 28.7 Å². The van der Waals surface area contributed by atoms with Crippen molar-refractivity contribution in [1.82, 2.24) is 14.9 Å². The molecule has 0 unspecified atom stereocenters. The van der Waals surface area contributed by atoms with Crippen LogP contribution in [0.1, 0.15) is 27.4 Å². The number of rotatable bonds is 6. The van der Waals surface area contributed by atoms with Gasteiger partial charge in [0.05, 0.1) is 23.9 Å². The number of aryl methyl sites for hydroxylation is 1. The zero-order valence-corrected chi connectivity index (χ0v) is 15.2. The first-order chi connectivity index (χ1) is 12.5. The van der Waals surface area contributed by atoms with Gasteiger partial charge in [0.1, 0.15) is 5.76 Å². The van der Waals surface area contributed by atoms with Crippen molar-refractivity contribution in [3.63, 3.8) is 0 Å². The van der Waals surface area contributed by atoms with Crippen LogP contribution >= 0.6 is 11.3 Å². The van der Waals surface area contributed by atoms with Gasteiger partial charge < -0.3 is 9.32 Å². The zero-order chi connectivity index (χ0) is 18.5. The van der Waals surface area contributed by atoms with Crippen LogP contribution in [-0.2, 0) is 17.8 Å². The first kappa shape index (κ1) is 17.8. The number of carbonyl (C=O) groups excluding carboxylic acids is 2. The Hall–Kier alpha value is -3.00. The normalized spacial score (nSPS) is 10.5. The summed E-state index contributed by atoms with van der Waals surface area (Å²) in [4.78, 5) is 34.5. The Bertz CT molecular complexity index is 904. The number of amides is 2. The lowest BCUT2D eigenvalue weighted by atomic mass is 10.2. The number of aromatic nitrogens is 2. The molecule has 3 aromatic heterocycles. The Balaban J connectivity index is 1.57. The van der Waals surface area contributed by atoms with Crippen LogP contribution in [-0.4, -0.2) is 33.7 Å². The van der Waals surface area contributed by atoms with Gasteiger partial charge >= 0.3 is 0 Å². The number of carbonyl (C=O) groups is 2. The summed E-state index contributed by atoms with van der Waals surface area (Å²) in [6, 6.07) is 5.37. The van der Waals surface area contributed by atoms with Crippen LogP contribution in [0.15, 0.2) is 46.7 Å². The summed E-state index contributed by atoms with van der Waals surface area (Å²) in [6.45, 7) is 2.21. The summed E-state index contributed by atoms with van der Waals surface area (Å²) in [5.74, 6) is 0.214. The van der Waals surface area contributed by atoms with Gasteiger partial charge in [-0.3, -0.25) is 19.9 Å². The molecule has 0 saturated carbocycles. The van der Waals surface area contributed by atoms with Crippen molar-refractivity contribution in [3.05, 3.63) is 64.8 Å². The van der Waals surface area contributed by atoms with E-state index in [1.807, 2.05) is 12.1 Å². The molecular weight excluding hydrogens is 352 g/mol. The Morgan fingerprint density at radius 1 is 1.35 bits per heavy atom. The van der Waals surface area contributed by atoms with Crippen molar-refractivity contribution in [2.75, 3.05) is 12.4 Å². The molecule has 2 amide bonds. The van der Waals surface area contributed by atoms with Crippen molar-refractivity contribution < 1.29 is 14.0 Å². The molecule has 0 atom stereocenters. The van der Waals surface area contributed by atoms with Crippen molar-refractivity contribution in [2.45, 2.75) is 19.9 Å². The van der Waals surface area contributed by atoms with E-state index in [1.54, 1.807) is 42.7 Å². The molecule has 0 spiro atoms. The molecule has 0 aliphatic rings. The number of nitrogens with zero attached hydrogens (tertiary/aromatic N) is 3. The summed E-state index contributed by atoms with van der Waals surface area (Å²) in [7, 11) is 1.74. The molecule has 7 nitrogen and oxygen atoms in total. The van der Waals surface area contributed by atoms with Gasteiger partial charge in [0.25, 0.3) is 5.91 Å². The molecule has 0 saturated heterocycles. The summed E-state index contributed by atoms with van der Waals surface area (Å²) in [6.07, 6.45) is 5.07. The van der Waals surface area contributed by atoms with E-state index in [0.717, 1.165) is 5.56 Å². The van der Waals surface area contributed by atoms with Crippen molar-refractivity contribution >= 4 is 28.3 Å². The lowest BCUT2D eigenvalue weighted by molar-refractivity contribution is -0.129. The molecule has 0 aliphatic heterocycles. The third-order valence-electron chi connectivity index (χ3n) is 3.78. The Morgan fingerprint density at radius 3 is 2.88 bits per heavy atom. The number of likely N-dealkylation sites (N-methyl/N-ethyl adjacent to an activating group) is 1. The first-order valence-corrected chi connectivity index (χ1v) is 8.83. The molecule has 0 bridgehead atoms. The lowest BCUT2D eigenvalue weighted by Crippen LogP contribution is -2.27. The lowest BCUT2D eigenvalue weighted by Gasteiger charge is -2.16. The number of nitrogens with one attached hydrogen (secondary N) is 1. The van der Waals surface area contributed by atoms with E-state index < -0.39 is 0 Å². The topological polar surface area (TPSA) is 88.3 Å². The van der Waals surface area contributed by atoms with Crippen LogP contribution in [0.5, 0.6) is 0 Å². The highest BCUT2D eigenvalue weighted by Crippen LogP contribution is 2.19. The number of furan rings is 1. The second kappa shape index (κ2) is 7.92. The molecule has 26 heavy (non-hydrogen) atoms. The summed E-state index contributed by atoms with van der Waals surface area (Å²) in [5.41, 5.74) is 2.05. The van der Waals surface area contributed by atoms with E-state index in [2.05, 4.69) is 15.3 Å². The predicted octanol–water partition coefficient (Wildman–Crippen LogP) is 2.89. The SMILES string of the molecule is Cc1occc1C(=O)Nc1nc(CC(=O)N(C)Cc2cccnc2)cs1. The Morgan fingerprint density at radius 2 is 2.19 bits per heavy atom. The van der Waals surface area contributed by atoms with Crippen molar-refractivity contribution in [1.29, 1.82) is 0 Å². The number of thiazole rings is 1. The highest BCUT2D eigenvalue weighted by Gasteiger charge is 2.16. The fraction of sp³-hybridized carbons (Fsp3) is 0.222. The molecule has 1 N–H and O–H groups in total. The van der Waals surface area contributed by atoms with Gasteiger partial charge in [0.2, 0.25) is 5.91 Å². The maximum absolute atomic E-state index is 12.4. The van der Waals surface area contributed by atoms with Crippen LogP contribution in [0.25, 0.3) is 0 Å². The maximum atomic E-state index is 12.4. The Labute approximate surface area is 154 Å². The number of pyridine rings is 1. The maximum Gasteiger partial charge on any atom is 0.260 e. The van der Waals surface area contributed by atoms with E-state index in [4.69, 9.17) is 4.42 Å². The largest absolute Gasteiger partial charge is 0.469 e. The van der Waals surface area contributed by atoms with Gasteiger partial charge in [-0.1, -0.05) is 6.07 Å². The quantitative estimate of drug-likeness (QED) is 0.721. The average molecular weight is 370 g/mol. The minimum absolute atomic E-state index is 0.0530. The van der Waals surface area contributed by atoms with Gasteiger partial charge in [-0.25, -0.2) is 4.98 Å². The molecule has 8 heteroatoms. The fourth-order valence-corrected chi connectivity index (χ4v) is 3.08. The molecule has 0 aliphatic carbocycles. The van der Waals surface area contributed by atoms with Crippen molar-refractivity contribution in [3.8, 4) is 0 Å². The predicted molar refractivity (Wildman–Crippen MR) is 97.9 cm³/mol. The number of hydrogen-bond donors (Lipinski definition) is 1. The standard InChI is InChI=1S/C18H18N4O3S/c1-12-15(5-7-25-12)17(24)21-18-20-14(11-26-18)8-16(23)22(2)10-13-4-3-6-19-9-13/h3-7,9,11H,8,10H2,1-2H3,(H,20,21,24). The van der Waals surface area contributed by atoms with Crippen LogP contribution in [0.4, 0.5) is 5.13 Å². The number of anilines is 1. The van der Waals surface area contributed by atoms with E-state index in [9.17, 15) is 9.59 Å². The molecule has 0 fully saturated rings. The van der Waals surface area contributed by atoms with E-state index in [-0.39, 0.29) is 18.2 Å². The smallest absolute Gasteiger partial charge is 0.260 e. The summed E-state index contributed by atoms with van der Waals surface area (Å²) in [5, 5.41) is 4.95. The van der Waals surface area contributed by atoms with Crippen molar-refractivity contribution in [2.24, 2.45) is 0 Å². The van der Waals surface area contributed by atoms with Crippen LogP contribution < -0.4 is 5.32 Å². The minimum atomic E-state index is -0.280. The molecule has 3 aromatic rings. The molecule has 3 rings (SSSR count). The first-order valence-electron chi connectivity index (χ1n) is 7.95. The van der Waals surface area contributed by atoms with Gasteiger partial charge in [-0.2, -0.15) is 0 Å². The minimum Gasteiger partial charge on any atom is -0.469 e. The van der Waals surface area contributed by atoms with E-state index >= 15 is 0 Å².